The summed E-state index contributed by atoms with van der Waals surface area (Å²) in [6.07, 6.45) is 1.89. The monoisotopic (exact) mass is 149 g/mol. The molecule has 0 saturated heterocycles. The van der Waals surface area contributed by atoms with Crippen molar-refractivity contribution in [1.82, 2.24) is 9.78 Å². The standard InChI is InChI=1S/C8H11N3/c1-6(4-9)8-5-11(3)10-7(8)2/h5-6H,1-3H3. The van der Waals surface area contributed by atoms with Gasteiger partial charge in [-0.25, -0.2) is 0 Å². The Labute approximate surface area is 66.3 Å². The number of aromatic nitrogens is 2. The highest BCUT2D eigenvalue weighted by Gasteiger charge is 2.09. The molecule has 0 aliphatic carbocycles. The molecule has 0 fully saturated rings. The highest BCUT2D eigenvalue weighted by Crippen LogP contribution is 2.16. The molecule has 0 aromatic carbocycles. The zero-order valence-corrected chi connectivity index (χ0v) is 7.00. The second-order valence-electron chi connectivity index (χ2n) is 2.69. The van der Waals surface area contributed by atoms with Crippen LogP contribution >= 0.6 is 0 Å². The summed E-state index contributed by atoms with van der Waals surface area (Å²) >= 11 is 0. The van der Waals surface area contributed by atoms with Crippen molar-refractivity contribution in [2.45, 2.75) is 19.8 Å². The summed E-state index contributed by atoms with van der Waals surface area (Å²) in [6.45, 7) is 3.80. The van der Waals surface area contributed by atoms with E-state index in [0.717, 1.165) is 11.3 Å². The number of hydrogen-bond donors (Lipinski definition) is 0. The molecule has 58 valence electrons. The first-order valence-corrected chi connectivity index (χ1v) is 3.55. The Bertz CT molecular complexity index is 293. The largest absolute Gasteiger partial charge is 0.275 e. The van der Waals surface area contributed by atoms with Crippen LogP contribution in [0, 0.1) is 18.3 Å². The van der Waals surface area contributed by atoms with E-state index in [4.69, 9.17) is 5.26 Å². The molecular formula is C8H11N3. The minimum Gasteiger partial charge on any atom is -0.275 e. The van der Waals surface area contributed by atoms with E-state index in [1.165, 1.54) is 0 Å². The van der Waals surface area contributed by atoms with E-state index >= 15 is 0 Å². The van der Waals surface area contributed by atoms with Gasteiger partial charge >= 0.3 is 0 Å². The van der Waals surface area contributed by atoms with Crippen LogP contribution in [0.15, 0.2) is 6.20 Å². The summed E-state index contributed by atoms with van der Waals surface area (Å²) < 4.78 is 1.73. The summed E-state index contributed by atoms with van der Waals surface area (Å²) in [5, 5.41) is 12.8. The Morgan fingerprint density at radius 3 is 2.73 bits per heavy atom. The van der Waals surface area contributed by atoms with E-state index in [0.29, 0.717) is 0 Å². The summed E-state index contributed by atoms with van der Waals surface area (Å²) in [4.78, 5) is 0. The summed E-state index contributed by atoms with van der Waals surface area (Å²) in [5.41, 5.74) is 1.97. The van der Waals surface area contributed by atoms with Crippen LogP contribution < -0.4 is 0 Å². The van der Waals surface area contributed by atoms with Crippen molar-refractivity contribution in [3.8, 4) is 6.07 Å². The minimum atomic E-state index is -0.0521. The van der Waals surface area contributed by atoms with Crippen molar-refractivity contribution < 1.29 is 0 Å². The predicted molar refractivity (Wildman–Crippen MR) is 42.0 cm³/mol. The van der Waals surface area contributed by atoms with Gasteiger partial charge in [-0.1, -0.05) is 0 Å². The van der Waals surface area contributed by atoms with Gasteiger partial charge < -0.3 is 0 Å². The van der Waals surface area contributed by atoms with Crippen LogP contribution in [0.4, 0.5) is 0 Å². The third-order valence-electron chi connectivity index (χ3n) is 1.71. The number of nitriles is 1. The highest BCUT2D eigenvalue weighted by molar-refractivity contribution is 5.24. The van der Waals surface area contributed by atoms with Gasteiger partial charge in [0.05, 0.1) is 17.7 Å². The number of aryl methyl sites for hydroxylation is 2. The Morgan fingerprint density at radius 1 is 1.73 bits per heavy atom. The quantitative estimate of drug-likeness (QED) is 0.605. The van der Waals surface area contributed by atoms with Crippen LogP contribution in [0.1, 0.15) is 24.1 Å². The fourth-order valence-corrected chi connectivity index (χ4v) is 1.11. The van der Waals surface area contributed by atoms with Crippen LogP contribution in [-0.2, 0) is 7.05 Å². The lowest BCUT2D eigenvalue weighted by molar-refractivity contribution is 0.756. The Hall–Kier alpha value is -1.30. The summed E-state index contributed by atoms with van der Waals surface area (Å²) in [7, 11) is 1.86. The topological polar surface area (TPSA) is 41.6 Å². The fourth-order valence-electron chi connectivity index (χ4n) is 1.11. The van der Waals surface area contributed by atoms with Crippen molar-refractivity contribution in [2.75, 3.05) is 0 Å². The molecule has 11 heavy (non-hydrogen) atoms. The molecule has 1 aromatic heterocycles. The molecule has 0 spiro atoms. The molecule has 0 radical (unpaired) electrons. The Balaban J connectivity index is 3.05. The second-order valence-corrected chi connectivity index (χ2v) is 2.69. The zero-order valence-electron chi connectivity index (χ0n) is 7.00. The van der Waals surface area contributed by atoms with E-state index in [2.05, 4.69) is 11.2 Å². The molecule has 3 heteroatoms. The number of hydrogen-bond acceptors (Lipinski definition) is 2. The first kappa shape index (κ1) is 7.80. The van der Waals surface area contributed by atoms with E-state index in [1.54, 1.807) is 4.68 Å². The molecule has 0 aliphatic heterocycles. The van der Waals surface area contributed by atoms with Gasteiger partial charge in [-0.15, -0.1) is 0 Å². The van der Waals surface area contributed by atoms with Crippen LogP contribution in [0.5, 0.6) is 0 Å². The normalized spacial score (nSPS) is 12.5. The average molecular weight is 149 g/mol. The molecule has 1 aromatic rings. The molecule has 0 aliphatic rings. The lowest BCUT2D eigenvalue weighted by Crippen LogP contribution is -1.88. The van der Waals surface area contributed by atoms with Gasteiger partial charge in [-0.3, -0.25) is 4.68 Å². The average Bonchev–Trinajstić information content (AvgIpc) is 2.28. The molecule has 1 unspecified atom stereocenters. The van der Waals surface area contributed by atoms with E-state index in [9.17, 15) is 0 Å². The minimum absolute atomic E-state index is 0.0521. The van der Waals surface area contributed by atoms with Gasteiger partial charge in [0, 0.05) is 18.8 Å². The lowest BCUT2D eigenvalue weighted by Gasteiger charge is -1.96. The van der Waals surface area contributed by atoms with Crippen LogP contribution in [0.2, 0.25) is 0 Å². The molecule has 1 atom stereocenters. The number of rotatable bonds is 1. The Morgan fingerprint density at radius 2 is 2.36 bits per heavy atom. The van der Waals surface area contributed by atoms with Crippen LogP contribution in [0.3, 0.4) is 0 Å². The van der Waals surface area contributed by atoms with Crippen molar-refractivity contribution in [3.63, 3.8) is 0 Å². The summed E-state index contributed by atoms with van der Waals surface area (Å²) in [5.74, 6) is -0.0521. The van der Waals surface area contributed by atoms with Gasteiger partial charge in [0.1, 0.15) is 0 Å². The smallest absolute Gasteiger partial charge is 0.0718 e. The van der Waals surface area contributed by atoms with Gasteiger partial charge in [0.15, 0.2) is 0 Å². The second kappa shape index (κ2) is 2.75. The summed E-state index contributed by atoms with van der Waals surface area (Å²) in [6, 6.07) is 2.18. The SMILES string of the molecule is Cc1nn(C)cc1C(C)C#N. The fraction of sp³-hybridized carbons (Fsp3) is 0.500. The highest BCUT2D eigenvalue weighted by atomic mass is 15.2. The molecule has 0 bridgehead atoms. The maximum Gasteiger partial charge on any atom is 0.0718 e. The molecule has 1 heterocycles. The van der Waals surface area contributed by atoms with E-state index in [1.807, 2.05) is 27.1 Å². The van der Waals surface area contributed by atoms with E-state index in [-0.39, 0.29) is 5.92 Å². The molecule has 3 nitrogen and oxygen atoms in total. The van der Waals surface area contributed by atoms with Crippen LogP contribution in [0.25, 0.3) is 0 Å². The maximum absolute atomic E-state index is 8.63. The first-order chi connectivity index (χ1) is 5.15. The molecular weight excluding hydrogens is 138 g/mol. The molecule has 0 N–H and O–H groups in total. The molecule has 0 amide bonds. The van der Waals surface area contributed by atoms with Crippen molar-refractivity contribution in [3.05, 3.63) is 17.5 Å². The number of nitrogens with zero attached hydrogens (tertiary/aromatic N) is 3. The third-order valence-corrected chi connectivity index (χ3v) is 1.71. The van der Waals surface area contributed by atoms with Gasteiger partial charge in [-0.05, 0) is 13.8 Å². The molecule has 1 rings (SSSR count). The van der Waals surface area contributed by atoms with Crippen molar-refractivity contribution in [2.24, 2.45) is 7.05 Å². The van der Waals surface area contributed by atoms with E-state index < -0.39 is 0 Å². The third kappa shape index (κ3) is 1.40. The zero-order chi connectivity index (χ0) is 8.43. The predicted octanol–water partition coefficient (Wildman–Crippen LogP) is 1.36. The van der Waals surface area contributed by atoms with Crippen molar-refractivity contribution in [1.29, 1.82) is 5.26 Å². The molecule has 0 saturated carbocycles. The maximum atomic E-state index is 8.63. The van der Waals surface area contributed by atoms with Crippen molar-refractivity contribution >= 4 is 0 Å². The van der Waals surface area contributed by atoms with Gasteiger partial charge in [0.2, 0.25) is 0 Å². The van der Waals surface area contributed by atoms with Gasteiger partial charge in [-0.2, -0.15) is 10.4 Å². The first-order valence-electron chi connectivity index (χ1n) is 3.55. The van der Waals surface area contributed by atoms with Crippen LogP contribution in [-0.4, -0.2) is 9.78 Å². The lowest BCUT2D eigenvalue weighted by atomic mass is 10.0. The van der Waals surface area contributed by atoms with Gasteiger partial charge in [0.25, 0.3) is 0 Å². The Kier molecular flexibility index (Phi) is 1.95.